The third kappa shape index (κ3) is 2.55. The zero-order chi connectivity index (χ0) is 11.5. The fourth-order valence-electron chi connectivity index (χ4n) is 1.65. The molecule has 1 aromatic carbocycles. The van der Waals surface area contributed by atoms with E-state index in [1.165, 1.54) is 15.3 Å². The summed E-state index contributed by atoms with van der Waals surface area (Å²) < 4.78 is 0. The van der Waals surface area contributed by atoms with E-state index in [1.807, 2.05) is 29.5 Å². The Morgan fingerprint density at radius 1 is 1.19 bits per heavy atom. The molecule has 3 N–H and O–H groups in total. The Labute approximate surface area is 100 Å². The fourth-order valence-corrected chi connectivity index (χ4v) is 2.48. The lowest BCUT2D eigenvalue weighted by Crippen LogP contribution is -1.99. The van der Waals surface area contributed by atoms with E-state index in [4.69, 9.17) is 5.73 Å². The molecule has 0 saturated heterocycles. The highest BCUT2D eigenvalue weighted by Crippen LogP contribution is 2.20. The molecule has 2 rings (SSSR count). The zero-order valence-corrected chi connectivity index (χ0v) is 10.4. The second-order valence-electron chi connectivity index (χ2n) is 3.94. The normalized spacial score (nSPS) is 10.4. The molecule has 0 atom stereocenters. The molecule has 0 aliphatic carbocycles. The van der Waals surface area contributed by atoms with Crippen molar-refractivity contribution in [1.82, 2.24) is 0 Å². The van der Waals surface area contributed by atoms with Crippen LogP contribution in [0, 0.1) is 13.8 Å². The summed E-state index contributed by atoms with van der Waals surface area (Å²) in [6.45, 7) is 5.07. The molecule has 0 aliphatic heterocycles. The molecule has 84 valence electrons. The van der Waals surface area contributed by atoms with Crippen LogP contribution in [0.3, 0.4) is 0 Å². The van der Waals surface area contributed by atoms with Gasteiger partial charge in [0.15, 0.2) is 0 Å². The van der Waals surface area contributed by atoms with Gasteiger partial charge in [0, 0.05) is 27.7 Å². The molecule has 1 heterocycles. The molecule has 0 aliphatic rings. The monoisotopic (exact) mass is 232 g/mol. The molecule has 3 heteroatoms. The van der Waals surface area contributed by atoms with Crippen molar-refractivity contribution in [2.75, 3.05) is 11.1 Å². The second kappa shape index (κ2) is 4.58. The molecule has 16 heavy (non-hydrogen) atoms. The van der Waals surface area contributed by atoms with E-state index in [0.717, 1.165) is 17.9 Å². The second-order valence-corrected chi connectivity index (χ2v) is 5.31. The van der Waals surface area contributed by atoms with E-state index in [-0.39, 0.29) is 0 Å². The summed E-state index contributed by atoms with van der Waals surface area (Å²) in [4.78, 5) is 2.71. The van der Waals surface area contributed by atoms with Crippen molar-refractivity contribution < 1.29 is 0 Å². The first-order valence-corrected chi connectivity index (χ1v) is 6.12. The van der Waals surface area contributed by atoms with Crippen LogP contribution in [0.1, 0.15) is 15.3 Å². The number of benzene rings is 1. The van der Waals surface area contributed by atoms with Gasteiger partial charge in [-0.2, -0.15) is 0 Å². The molecule has 0 spiro atoms. The van der Waals surface area contributed by atoms with Crippen molar-refractivity contribution in [3.05, 3.63) is 45.6 Å². The molecule has 0 bridgehead atoms. The van der Waals surface area contributed by atoms with Gasteiger partial charge in [0.05, 0.1) is 0 Å². The van der Waals surface area contributed by atoms with Gasteiger partial charge < -0.3 is 11.1 Å². The average molecular weight is 232 g/mol. The van der Waals surface area contributed by atoms with Crippen molar-refractivity contribution in [2.45, 2.75) is 20.4 Å². The lowest BCUT2D eigenvalue weighted by Gasteiger charge is -2.08. The smallest absolute Gasteiger partial charge is 0.0494 e. The van der Waals surface area contributed by atoms with Crippen LogP contribution in [0.25, 0.3) is 0 Å². The minimum Gasteiger partial charge on any atom is -0.399 e. The van der Waals surface area contributed by atoms with Crippen molar-refractivity contribution in [3.63, 3.8) is 0 Å². The SMILES string of the molecule is Cc1ccc(CNc2ccc(N)cc2C)s1. The molecular formula is C13H16N2S. The minimum absolute atomic E-state index is 0.815. The van der Waals surface area contributed by atoms with Crippen molar-refractivity contribution in [2.24, 2.45) is 0 Å². The maximum atomic E-state index is 5.71. The molecule has 0 radical (unpaired) electrons. The Hall–Kier alpha value is -1.48. The first kappa shape index (κ1) is 11.0. The Bertz CT molecular complexity index is 488. The molecule has 0 unspecified atom stereocenters. The highest BCUT2D eigenvalue weighted by molar-refractivity contribution is 7.11. The molecule has 2 aromatic rings. The number of hydrogen-bond acceptors (Lipinski definition) is 3. The predicted octanol–water partition coefficient (Wildman–Crippen LogP) is 3.56. The van der Waals surface area contributed by atoms with Crippen LogP contribution in [0.5, 0.6) is 0 Å². The van der Waals surface area contributed by atoms with Gasteiger partial charge in [-0.3, -0.25) is 0 Å². The van der Waals surface area contributed by atoms with Crippen molar-refractivity contribution in [1.29, 1.82) is 0 Å². The minimum atomic E-state index is 0.815. The maximum absolute atomic E-state index is 5.71. The zero-order valence-electron chi connectivity index (χ0n) is 9.58. The lowest BCUT2D eigenvalue weighted by atomic mass is 10.2. The third-order valence-electron chi connectivity index (χ3n) is 2.50. The Balaban J connectivity index is 2.04. The van der Waals surface area contributed by atoms with Gasteiger partial charge in [0.25, 0.3) is 0 Å². The van der Waals surface area contributed by atoms with Crippen LogP contribution < -0.4 is 11.1 Å². The number of rotatable bonds is 3. The van der Waals surface area contributed by atoms with Gasteiger partial charge in [0.2, 0.25) is 0 Å². The molecule has 1 aromatic heterocycles. The van der Waals surface area contributed by atoms with Crippen LogP contribution in [0.15, 0.2) is 30.3 Å². The topological polar surface area (TPSA) is 38.0 Å². The molecule has 2 nitrogen and oxygen atoms in total. The van der Waals surface area contributed by atoms with Crippen LogP contribution >= 0.6 is 11.3 Å². The predicted molar refractivity (Wildman–Crippen MR) is 72.0 cm³/mol. The fraction of sp³-hybridized carbons (Fsp3) is 0.231. The maximum Gasteiger partial charge on any atom is 0.0494 e. The Kier molecular flexibility index (Phi) is 3.15. The average Bonchev–Trinajstić information content (AvgIpc) is 2.63. The summed E-state index contributed by atoms with van der Waals surface area (Å²) in [6, 6.07) is 10.3. The number of anilines is 2. The summed E-state index contributed by atoms with van der Waals surface area (Å²) in [6.07, 6.45) is 0. The van der Waals surface area contributed by atoms with Crippen LogP contribution in [-0.4, -0.2) is 0 Å². The summed E-state index contributed by atoms with van der Waals surface area (Å²) >= 11 is 1.83. The number of nitrogens with two attached hydrogens (primary N) is 1. The van der Waals surface area contributed by atoms with Gasteiger partial charge in [-0.1, -0.05) is 0 Å². The van der Waals surface area contributed by atoms with E-state index in [9.17, 15) is 0 Å². The van der Waals surface area contributed by atoms with Gasteiger partial charge in [-0.05, 0) is 49.7 Å². The first-order valence-electron chi connectivity index (χ1n) is 5.30. The third-order valence-corrected chi connectivity index (χ3v) is 3.50. The molecule has 0 fully saturated rings. The Morgan fingerprint density at radius 3 is 2.62 bits per heavy atom. The largest absolute Gasteiger partial charge is 0.399 e. The van der Waals surface area contributed by atoms with Gasteiger partial charge in [-0.25, -0.2) is 0 Å². The molecule has 0 saturated carbocycles. The van der Waals surface area contributed by atoms with E-state index in [1.54, 1.807) is 0 Å². The quantitative estimate of drug-likeness (QED) is 0.794. The van der Waals surface area contributed by atoms with Crippen molar-refractivity contribution >= 4 is 22.7 Å². The molecular weight excluding hydrogens is 216 g/mol. The van der Waals surface area contributed by atoms with E-state index < -0.39 is 0 Å². The van der Waals surface area contributed by atoms with Crippen LogP contribution in [-0.2, 0) is 6.54 Å². The lowest BCUT2D eigenvalue weighted by molar-refractivity contribution is 1.18. The Morgan fingerprint density at radius 2 is 2.00 bits per heavy atom. The summed E-state index contributed by atoms with van der Waals surface area (Å²) in [5, 5.41) is 3.42. The number of nitrogen functional groups attached to an aromatic ring is 1. The van der Waals surface area contributed by atoms with Gasteiger partial charge in [0.1, 0.15) is 0 Å². The summed E-state index contributed by atoms with van der Waals surface area (Å²) in [7, 11) is 0. The van der Waals surface area contributed by atoms with Crippen LogP contribution in [0.2, 0.25) is 0 Å². The number of aryl methyl sites for hydroxylation is 2. The van der Waals surface area contributed by atoms with E-state index in [2.05, 4.69) is 31.3 Å². The number of nitrogens with one attached hydrogen (secondary N) is 1. The summed E-state index contributed by atoms with van der Waals surface area (Å²) in [5.74, 6) is 0. The van der Waals surface area contributed by atoms with Gasteiger partial charge in [-0.15, -0.1) is 11.3 Å². The van der Waals surface area contributed by atoms with Gasteiger partial charge >= 0.3 is 0 Å². The summed E-state index contributed by atoms with van der Waals surface area (Å²) in [5.41, 5.74) is 8.87. The van der Waals surface area contributed by atoms with Crippen molar-refractivity contribution in [3.8, 4) is 0 Å². The number of thiophene rings is 1. The number of hydrogen-bond donors (Lipinski definition) is 2. The van der Waals surface area contributed by atoms with E-state index >= 15 is 0 Å². The highest BCUT2D eigenvalue weighted by atomic mass is 32.1. The first-order chi connectivity index (χ1) is 7.65. The van der Waals surface area contributed by atoms with E-state index in [0.29, 0.717) is 0 Å². The standard InChI is InChI=1S/C13H16N2S/c1-9-7-11(14)4-6-13(9)15-8-12-5-3-10(2)16-12/h3-7,15H,8,14H2,1-2H3. The highest BCUT2D eigenvalue weighted by Gasteiger charge is 2.00. The molecule has 0 amide bonds. The van der Waals surface area contributed by atoms with Crippen LogP contribution in [0.4, 0.5) is 11.4 Å².